The Morgan fingerprint density at radius 1 is 0.966 bits per heavy atom. The van der Waals surface area contributed by atoms with E-state index in [-0.39, 0.29) is 5.56 Å². The zero-order chi connectivity index (χ0) is 21.3. The second kappa shape index (κ2) is 10.6. The number of esters is 1. The van der Waals surface area contributed by atoms with Gasteiger partial charge in [0, 0.05) is 6.08 Å². The maximum atomic E-state index is 11.8. The van der Waals surface area contributed by atoms with Crippen LogP contribution in [0.3, 0.4) is 0 Å². The smallest absolute Gasteiger partial charge is 0.353 e. The number of fused-ring (bicyclic) bond motifs is 1. The molecule has 0 amide bonds. The van der Waals surface area contributed by atoms with Gasteiger partial charge in [0.05, 0.1) is 25.0 Å². The Balaban J connectivity index is 1.80. The van der Waals surface area contributed by atoms with Crippen molar-refractivity contribution in [3.8, 4) is 5.75 Å². The molecule has 0 bridgehead atoms. The van der Waals surface area contributed by atoms with Gasteiger partial charge in [-0.15, -0.1) is 0 Å². The lowest BCUT2D eigenvalue weighted by Gasteiger charge is -2.08. The molecule has 0 aliphatic carbocycles. The second-order valence-corrected chi connectivity index (χ2v) is 8.01. The summed E-state index contributed by atoms with van der Waals surface area (Å²) in [6, 6.07) is 10.3. The van der Waals surface area contributed by atoms with E-state index in [0.29, 0.717) is 19.0 Å². The molecule has 2 rings (SSSR count). The predicted molar refractivity (Wildman–Crippen MR) is 109 cm³/mol. The summed E-state index contributed by atoms with van der Waals surface area (Å²) < 4.78 is 37.2. The molecule has 0 spiro atoms. The van der Waals surface area contributed by atoms with Crippen LogP contribution in [0, 0.1) is 0 Å². The van der Waals surface area contributed by atoms with Crippen molar-refractivity contribution in [1.82, 2.24) is 0 Å². The minimum atomic E-state index is -3.85. The summed E-state index contributed by atoms with van der Waals surface area (Å²) in [6.45, 7) is 4.30. The molecule has 0 fully saturated rings. The number of benzene rings is 2. The van der Waals surface area contributed by atoms with Gasteiger partial charge in [-0.2, -0.15) is 8.42 Å². The van der Waals surface area contributed by atoms with E-state index in [1.165, 1.54) is 6.07 Å². The Morgan fingerprint density at radius 3 is 2.31 bits per heavy atom. The molecule has 8 heteroatoms. The predicted octanol–water partition coefficient (Wildman–Crippen LogP) is 3.62. The van der Waals surface area contributed by atoms with Crippen LogP contribution >= 0.6 is 0 Å². The molecule has 0 N–H and O–H groups in total. The lowest BCUT2D eigenvalue weighted by Crippen LogP contribution is -2.11. The van der Waals surface area contributed by atoms with Crippen molar-refractivity contribution in [2.24, 2.45) is 0 Å². The number of unbranched alkanes of at least 4 members (excludes halogenated alkanes) is 3. The normalized spacial score (nSPS) is 11.1. The monoisotopic (exact) mass is 420 g/mol. The molecule has 0 unspecified atom stereocenters. The van der Waals surface area contributed by atoms with Gasteiger partial charge >= 0.3 is 22.1 Å². The first-order valence-corrected chi connectivity index (χ1v) is 11.0. The van der Waals surface area contributed by atoms with Crippen LogP contribution in [-0.4, -0.2) is 39.8 Å². The number of rotatable bonds is 11. The van der Waals surface area contributed by atoms with Gasteiger partial charge in [0.15, 0.2) is 0 Å². The van der Waals surface area contributed by atoms with Crippen LogP contribution in [0.25, 0.3) is 10.8 Å². The van der Waals surface area contributed by atoms with Gasteiger partial charge in [0.25, 0.3) is 0 Å². The Labute approximate surface area is 170 Å². The first kappa shape index (κ1) is 22.4. The Bertz CT molecular complexity index is 980. The van der Waals surface area contributed by atoms with Crippen LogP contribution in [0.2, 0.25) is 0 Å². The van der Waals surface area contributed by atoms with E-state index in [1.807, 2.05) is 6.07 Å². The van der Waals surface area contributed by atoms with Crippen molar-refractivity contribution < 1.29 is 31.7 Å². The minimum absolute atomic E-state index is 0.162. The van der Waals surface area contributed by atoms with Gasteiger partial charge in [0.2, 0.25) is 0 Å². The fourth-order valence-corrected chi connectivity index (χ4v) is 2.98. The van der Waals surface area contributed by atoms with Gasteiger partial charge in [-0.3, -0.25) is 0 Å². The van der Waals surface area contributed by atoms with Gasteiger partial charge < -0.3 is 13.7 Å². The largest absolute Gasteiger partial charge is 0.494 e. The summed E-state index contributed by atoms with van der Waals surface area (Å²) >= 11 is 0. The number of carbonyl (C=O) groups is 2. The summed E-state index contributed by atoms with van der Waals surface area (Å²) in [7, 11) is -3.85. The molecule has 29 heavy (non-hydrogen) atoms. The van der Waals surface area contributed by atoms with Gasteiger partial charge in [-0.05, 0) is 60.7 Å². The highest BCUT2D eigenvalue weighted by Gasteiger charge is 2.14. The van der Waals surface area contributed by atoms with Crippen LogP contribution < -0.4 is 4.74 Å². The lowest BCUT2D eigenvalue weighted by atomic mass is 10.1. The maximum Gasteiger partial charge on any atom is 0.353 e. The van der Waals surface area contributed by atoms with Crippen molar-refractivity contribution in [3.63, 3.8) is 0 Å². The zero-order valence-electron chi connectivity index (χ0n) is 16.3. The molecule has 0 aliphatic rings. The fraction of sp³-hybridized carbons (Fsp3) is 0.333. The van der Waals surface area contributed by atoms with Crippen LogP contribution in [-0.2, 0) is 23.8 Å². The Kier molecular flexibility index (Phi) is 8.21. The molecule has 0 radical (unpaired) electrons. The molecule has 0 heterocycles. The summed E-state index contributed by atoms with van der Waals surface area (Å²) in [6.07, 6.45) is 5.57. The minimum Gasteiger partial charge on any atom is -0.494 e. The lowest BCUT2D eigenvalue weighted by molar-refractivity contribution is -0.137. The summed E-state index contributed by atoms with van der Waals surface area (Å²) in [5, 5.41) is 1.64. The zero-order valence-corrected chi connectivity index (χ0v) is 17.1. The van der Waals surface area contributed by atoms with Gasteiger partial charge in [-0.25, -0.2) is 9.59 Å². The van der Waals surface area contributed by atoms with Crippen LogP contribution in [0.5, 0.6) is 5.75 Å². The average Bonchev–Trinajstić information content (AvgIpc) is 2.67. The van der Waals surface area contributed by atoms with E-state index in [2.05, 4.69) is 10.8 Å². The molecule has 0 saturated carbocycles. The van der Waals surface area contributed by atoms with Crippen LogP contribution in [0.1, 0.15) is 36.0 Å². The summed E-state index contributed by atoms with van der Waals surface area (Å²) in [4.78, 5) is 22.7. The van der Waals surface area contributed by atoms with Crippen LogP contribution in [0.4, 0.5) is 0 Å². The molecular formula is C21H24O7S. The van der Waals surface area contributed by atoms with E-state index in [0.717, 1.165) is 48.8 Å². The first-order valence-electron chi connectivity index (χ1n) is 9.18. The van der Waals surface area contributed by atoms with E-state index < -0.39 is 22.1 Å². The third-order valence-electron chi connectivity index (χ3n) is 3.99. The molecule has 7 nitrogen and oxygen atoms in total. The van der Waals surface area contributed by atoms with E-state index in [4.69, 9.17) is 9.47 Å². The molecule has 0 aromatic heterocycles. The van der Waals surface area contributed by atoms with Crippen molar-refractivity contribution in [2.45, 2.75) is 25.7 Å². The summed E-state index contributed by atoms with van der Waals surface area (Å²) in [5.74, 6) is -0.595. The van der Waals surface area contributed by atoms with Crippen molar-refractivity contribution in [2.75, 3.05) is 19.5 Å². The molecule has 2 aromatic carbocycles. The number of hydrogen-bond donors (Lipinski definition) is 0. The number of carbonyl (C=O) groups excluding carboxylic acids is 2. The molecule has 156 valence electrons. The third kappa shape index (κ3) is 7.95. The number of ether oxygens (including phenoxy) is 2. The van der Waals surface area contributed by atoms with Gasteiger partial charge in [0.1, 0.15) is 5.75 Å². The standard InChI is InChI=1S/C21H24O7S/c1-3-20(22)27-13-7-5-4-6-12-26-19-11-10-16-14-18(9-8-17(16)15-19)21(23)28-29(2,24)25/h3,8-11,14-15H,1,4-7,12-13H2,2H3. The van der Waals surface area contributed by atoms with E-state index in [9.17, 15) is 18.0 Å². The Morgan fingerprint density at radius 2 is 1.62 bits per heavy atom. The molecular weight excluding hydrogens is 396 g/mol. The highest BCUT2D eigenvalue weighted by Crippen LogP contribution is 2.23. The van der Waals surface area contributed by atoms with Crippen molar-refractivity contribution in [3.05, 3.63) is 54.6 Å². The molecule has 0 saturated heterocycles. The highest BCUT2D eigenvalue weighted by atomic mass is 32.2. The summed E-state index contributed by atoms with van der Waals surface area (Å²) in [5.41, 5.74) is 0.162. The van der Waals surface area contributed by atoms with Gasteiger partial charge in [-0.1, -0.05) is 18.7 Å². The van der Waals surface area contributed by atoms with Crippen LogP contribution in [0.15, 0.2) is 49.1 Å². The van der Waals surface area contributed by atoms with E-state index in [1.54, 1.807) is 24.3 Å². The molecule has 0 atom stereocenters. The average molecular weight is 420 g/mol. The van der Waals surface area contributed by atoms with Crippen molar-refractivity contribution in [1.29, 1.82) is 0 Å². The molecule has 0 aliphatic heterocycles. The third-order valence-corrected chi connectivity index (χ3v) is 4.45. The SMILES string of the molecule is C=CC(=O)OCCCCCCOc1ccc2cc(C(=O)OS(C)(=O)=O)ccc2c1. The highest BCUT2D eigenvalue weighted by molar-refractivity contribution is 7.86. The maximum absolute atomic E-state index is 11.8. The van der Waals surface area contributed by atoms with Crippen molar-refractivity contribution >= 4 is 32.8 Å². The van der Waals surface area contributed by atoms with E-state index >= 15 is 0 Å². The molecule has 2 aromatic rings. The Hall–Kier alpha value is -2.87. The second-order valence-electron chi connectivity index (χ2n) is 6.43. The topological polar surface area (TPSA) is 96.0 Å². The first-order chi connectivity index (χ1) is 13.8. The number of hydrogen-bond acceptors (Lipinski definition) is 7. The fourth-order valence-electron chi connectivity index (χ4n) is 2.61. The quantitative estimate of drug-likeness (QED) is 0.237.